The van der Waals surface area contributed by atoms with Gasteiger partial charge in [0.15, 0.2) is 0 Å². The molecular weight excluding hydrogens is 158 g/mol. The molecule has 1 aromatic rings. The molecule has 0 bridgehead atoms. The third kappa shape index (κ3) is 3.39. The van der Waals surface area contributed by atoms with E-state index in [1.54, 1.807) is 11.3 Å². The molecule has 0 atom stereocenters. The molecule has 0 spiro atoms. The molecule has 0 aliphatic rings. The second-order valence-electron chi connectivity index (χ2n) is 2.30. The molecule has 0 radical (unpaired) electrons. The number of ether oxygens (including phenoxy) is 1. The van der Waals surface area contributed by atoms with Crippen LogP contribution in [0.3, 0.4) is 0 Å². The van der Waals surface area contributed by atoms with Crippen molar-refractivity contribution in [2.24, 2.45) is 5.73 Å². The molecule has 2 nitrogen and oxygen atoms in total. The van der Waals surface area contributed by atoms with Crippen molar-refractivity contribution < 1.29 is 4.74 Å². The Morgan fingerprint density at radius 2 is 2.36 bits per heavy atom. The number of thiophene rings is 1. The first-order valence-electron chi connectivity index (χ1n) is 3.78. The van der Waals surface area contributed by atoms with E-state index in [0.717, 1.165) is 31.7 Å². The maximum atomic E-state index is 5.40. The highest BCUT2D eigenvalue weighted by atomic mass is 32.1. The van der Waals surface area contributed by atoms with Crippen LogP contribution in [0.2, 0.25) is 0 Å². The normalized spacial score (nSPS) is 9.91. The summed E-state index contributed by atoms with van der Waals surface area (Å²) in [5.41, 5.74) is 5.33. The Labute approximate surface area is 71.0 Å². The molecule has 0 fully saturated rings. The van der Waals surface area contributed by atoms with Gasteiger partial charge in [0.25, 0.3) is 0 Å². The summed E-state index contributed by atoms with van der Waals surface area (Å²) in [4.78, 5) is 0. The van der Waals surface area contributed by atoms with Gasteiger partial charge < -0.3 is 10.5 Å². The van der Waals surface area contributed by atoms with E-state index in [-0.39, 0.29) is 0 Å². The minimum Gasteiger partial charge on any atom is -0.493 e. The van der Waals surface area contributed by atoms with E-state index >= 15 is 0 Å². The van der Waals surface area contributed by atoms with Crippen molar-refractivity contribution in [3.05, 3.63) is 16.8 Å². The summed E-state index contributed by atoms with van der Waals surface area (Å²) in [6.45, 7) is 1.54. The van der Waals surface area contributed by atoms with Gasteiger partial charge in [0.2, 0.25) is 0 Å². The van der Waals surface area contributed by atoms with Crippen molar-refractivity contribution >= 4 is 11.3 Å². The maximum absolute atomic E-state index is 5.40. The van der Waals surface area contributed by atoms with Crippen molar-refractivity contribution in [1.29, 1.82) is 0 Å². The van der Waals surface area contributed by atoms with Crippen LogP contribution in [0.15, 0.2) is 16.8 Å². The number of nitrogens with two attached hydrogens (primary N) is 1. The summed E-state index contributed by atoms with van der Waals surface area (Å²) < 4.78 is 5.40. The van der Waals surface area contributed by atoms with E-state index in [1.807, 2.05) is 16.8 Å². The van der Waals surface area contributed by atoms with E-state index in [1.165, 1.54) is 0 Å². The van der Waals surface area contributed by atoms with Crippen molar-refractivity contribution in [3.8, 4) is 5.75 Å². The predicted molar refractivity (Wildman–Crippen MR) is 48.1 cm³/mol. The Hall–Kier alpha value is -0.540. The molecular formula is C8H13NOS. The van der Waals surface area contributed by atoms with Crippen LogP contribution in [0.1, 0.15) is 12.8 Å². The molecule has 0 aromatic carbocycles. The van der Waals surface area contributed by atoms with E-state index in [2.05, 4.69) is 0 Å². The molecule has 1 heterocycles. The number of hydrogen-bond donors (Lipinski definition) is 1. The molecule has 0 amide bonds. The molecule has 0 unspecified atom stereocenters. The average Bonchev–Trinajstić information content (AvgIpc) is 2.50. The Bertz CT molecular complexity index is 174. The van der Waals surface area contributed by atoms with Gasteiger partial charge in [-0.2, -0.15) is 0 Å². The van der Waals surface area contributed by atoms with Gasteiger partial charge >= 0.3 is 0 Å². The van der Waals surface area contributed by atoms with E-state index < -0.39 is 0 Å². The van der Waals surface area contributed by atoms with Crippen LogP contribution in [-0.2, 0) is 0 Å². The van der Waals surface area contributed by atoms with Crippen LogP contribution in [0.4, 0.5) is 0 Å². The Morgan fingerprint density at radius 1 is 1.45 bits per heavy atom. The first-order valence-corrected chi connectivity index (χ1v) is 4.73. The monoisotopic (exact) mass is 171 g/mol. The highest BCUT2D eigenvalue weighted by Gasteiger charge is 1.91. The van der Waals surface area contributed by atoms with Gasteiger partial charge in [-0.15, -0.1) is 11.3 Å². The molecule has 3 heteroatoms. The van der Waals surface area contributed by atoms with Gasteiger partial charge in [-0.1, -0.05) is 0 Å². The topological polar surface area (TPSA) is 35.2 Å². The van der Waals surface area contributed by atoms with Crippen molar-refractivity contribution in [2.45, 2.75) is 12.8 Å². The van der Waals surface area contributed by atoms with Crippen LogP contribution in [0, 0.1) is 0 Å². The van der Waals surface area contributed by atoms with Crippen LogP contribution in [0.25, 0.3) is 0 Å². The standard InChI is InChI=1S/C8H13NOS/c9-4-1-2-5-10-8-3-6-11-7-8/h3,6-7H,1-2,4-5,9H2. The van der Waals surface area contributed by atoms with Crippen LogP contribution >= 0.6 is 11.3 Å². The lowest BCUT2D eigenvalue weighted by atomic mass is 10.3. The number of hydrogen-bond acceptors (Lipinski definition) is 3. The Kier molecular flexibility index (Phi) is 4.01. The SMILES string of the molecule is NCCCCOc1ccsc1. The largest absolute Gasteiger partial charge is 0.493 e. The van der Waals surface area contributed by atoms with Gasteiger partial charge in [0.1, 0.15) is 5.75 Å². The Morgan fingerprint density at radius 3 is 3.00 bits per heavy atom. The molecule has 2 N–H and O–H groups in total. The van der Waals surface area contributed by atoms with Crippen molar-refractivity contribution in [3.63, 3.8) is 0 Å². The lowest BCUT2D eigenvalue weighted by Crippen LogP contribution is -2.02. The summed E-state index contributed by atoms with van der Waals surface area (Å²) in [5, 5.41) is 4.01. The Balaban J connectivity index is 2.04. The van der Waals surface area contributed by atoms with Crippen LogP contribution in [0.5, 0.6) is 5.75 Å². The third-order valence-corrected chi connectivity index (χ3v) is 2.02. The minimum atomic E-state index is 0.757. The molecule has 0 saturated heterocycles. The van der Waals surface area contributed by atoms with Gasteiger partial charge in [-0.25, -0.2) is 0 Å². The van der Waals surface area contributed by atoms with Crippen LogP contribution < -0.4 is 10.5 Å². The van der Waals surface area contributed by atoms with E-state index in [4.69, 9.17) is 10.5 Å². The highest BCUT2D eigenvalue weighted by Crippen LogP contribution is 2.14. The third-order valence-electron chi connectivity index (χ3n) is 1.36. The first-order chi connectivity index (χ1) is 5.43. The van der Waals surface area contributed by atoms with E-state index in [9.17, 15) is 0 Å². The zero-order valence-electron chi connectivity index (χ0n) is 6.45. The zero-order valence-corrected chi connectivity index (χ0v) is 7.27. The summed E-state index contributed by atoms with van der Waals surface area (Å²) in [5.74, 6) is 0.979. The van der Waals surface area contributed by atoms with Gasteiger partial charge in [0, 0.05) is 5.38 Å². The van der Waals surface area contributed by atoms with Gasteiger partial charge in [-0.3, -0.25) is 0 Å². The second kappa shape index (κ2) is 5.16. The average molecular weight is 171 g/mol. The fourth-order valence-electron chi connectivity index (χ4n) is 0.771. The molecule has 0 aliphatic heterocycles. The quantitative estimate of drug-likeness (QED) is 0.686. The summed E-state index contributed by atoms with van der Waals surface area (Å²) >= 11 is 1.65. The molecule has 11 heavy (non-hydrogen) atoms. The molecule has 0 aliphatic carbocycles. The van der Waals surface area contributed by atoms with Gasteiger partial charge in [0.05, 0.1) is 6.61 Å². The number of unbranched alkanes of at least 4 members (excludes halogenated alkanes) is 1. The smallest absolute Gasteiger partial charge is 0.129 e. The van der Waals surface area contributed by atoms with Crippen molar-refractivity contribution in [1.82, 2.24) is 0 Å². The number of rotatable bonds is 5. The summed E-state index contributed by atoms with van der Waals surface area (Å²) in [7, 11) is 0. The highest BCUT2D eigenvalue weighted by molar-refractivity contribution is 7.08. The molecule has 1 aromatic heterocycles. The minimum absolute atomic E-state index is 0.757. The second-order valence-corrected chi connectivity index (χ2v) is 3.08. The van der Waals surface area contributed by atoms with Gasteiger partial charge in [-0.05, 0) is 30.8 Å². The first kappa shape index (κ1) is 8.56. The zero-order chi connectivity index (χ0) is 7.94. The lowest BCUT2D eigenvalue weighted by Gasteiger charge is -2.01. The van der Waals surface area contributed by atoms with Crippen LogP contribution in [-0.4, -0.2) is 13.2 Å². The summed E-state index contributed by atoms with van der Waals surface area (Å²) in [6.07, 6.45) is 2.09. The molecule has 1 rings (SSSR count). The molecule has 62 valence electrons. The summed E-state index contributed by atoms with van der Waals surface area (Å²) in [6, 6.07) is 1.98. The maximum Gasteiger partial charge on any atom is 0.129 e. The fraction of sp³-hybridized carbons (Fsp3) is 0.500. The lowest BCUT2D eigenvalue weighted by molar-refractivity contribution is 0.309. The molecule has 0 saturated carbocycles. The predicted octanol–water partition coefficient (Wildman–Crippen LogP) is 1.87. The van der Waals surface area contributed by atoms with E-state index in [0.29, 0.717) is 0 Å². The fourth-order valence-corrected chi connectivity index (χ4v) is 1.34. The van der Waals surface area contributed by atoms with Crippen molar-refractivity contribution in [2.75, 3.05) is 13.2 Å².